The first-order chi connectivity index (χ1) is 14.8. The quantitative estimate of drug-likeness (QED) is 0.591. The average Bonchev–Trinajstić information content (AvgIpc) is 3.14. The number of nitrogens with one attached hydrogen (secondary N) is 1. The van der Waals surface area contributed by atoms with Crippen LogP contribution >= 0.6 is 0 Å². The van der Waals surface area contributed by atoms with Crippen LogP contribution in [-0.4, -0.2) is 52.2 Å². The number of piperidine rings is 1. The first-order valence-electron chi connectivity index (χ1n) is 11.6. The summed E-state index contributed by atoms with van der Waals surface area (Å²) in [5.74, 6) is 2.18. The van der Waals surface area contributed by atoms with Crippen molar-refractivity contribution in [1.82, 2.24) is 25.3 Å². The maximum absolute atomic E-state index is 5.36. The lowest BCUT2D eigenvalue weighted by Crippen LogP contribution is -2.50. The zero-order valence-corrected chi connectivity index (χ0v) is 18.1. The van der Waals surface area contributed by atoms with Crippen LogP contribution in [0.4, 0.5) is 0 Å². The standard InChI is InChI=1S/C23H34N6O/c1-2-24-22(29-17-9-14-23(18-29)12-6-3-4-7-13-23)26-16-11-20-27-21(30-28-20)19-10-5-8-15-25-19/h5,8,10,15H,2-4,6-7,9,11-14,16-18H2,1H3,(H,24,26). The fraction of sp³-hybridized carbons (Fsp3) is 0.652. The van der Waals surface area contributed by atoms with Crippen LogP contribution in [-0.2, 0) is 6.42 Å². The van der Waals surface area contributed by atoms with Gasteiger partial charge < -0.3 is 14.7 Å². The van der Waals surface area contributed by atoms with Crippen molar-refractivity contribution in [2.75, 3.05) is 26.2 Å². The maximum Gasteiger partial charge on any atom is 0.276 e. The molecule has 0 unspecified atom stereocenters. The molecule has 2 aliphatic rings. The molecule has 1 saturated heterocycles. The molecular formula is C23H34N6O. The number of hydrogen-bond donors (Lipinski definition) is 1. The number of guanidine groups is 1. The van der Waals surface area contributed by atoms with Crippen molar-refractivity contribution in [1.29, 1.82) is 0 Å². The number of likely N-dealkylation sites (tertiary alicyclic amines) is 1. The SMILES string of the molecule is CCNC(=NCCc1noc(-c2ccccn2)n1)N1CCCC2(CCCCCC2)C1. The Bertz CT molecular complexity index is 810. The minimum absolute atomic E-state index is 0.466. The molecule has 0 radical (unpaired) electrons. The monoisotopic (exact) mass is 410 g/mol. The zero-order valence-electron chi connectivity index (χ0n) is 18.1. The fourth-order valence-electron chi connectivity index (χ4n) is 4.91. The number of hydrogen-bond acceptors (Lipinski definition) is 5. The predicted octanol–water partition coefficient (Wildman–Crippen LogP) is 4.08. The normalized spacial score (nSPS) is 19.6. The van der Waals surface area contributed by atoms with E-state index in [1.807, 2.05) is 18.2 Å². The number of aromatic nitrogens is 3. The molecule has 7 heteroatoms. The van der Waals surface area contributed by atoms with Gasteiger partial charge in [-0.2, -0.15) is 4.98 Å². The molecular weight excluding hydrogens is 376 g/mol. The van der Waals surface area contributed by atoms with Gasteiger partial charge in [0.2, 0.25) is 0 Å². The highest BCUT2D eigenvalue weighted by molar-refractivity contribution is 5.80. The lowest BCUT2D eigenvalue weighted by molar-refractivity contribution is 0.115. The predicted molar refractivity (Wildman–Crippen MR) is 118 cm³/mol. The summed E-state index contributed by atoms with van der Waals surface area (Å²) in [5.41, 5.74) is 1.20. The lowest BCUT2D eigenvalue weighted by atomic mass is 9.74. The molecule has 1 aliphatic heterocycles. The van der Waals surface area contributed by atoms with Gasteiger partial charge in [-0.1, -0.05) is 36.9 Å². The van der Waals surface area contributed by atoms with Crippen LogP contribution in [0.2, 0.25) is 0 Å². The Hall–Kier alpha value is -2.44. The van der Waals surface area contributed by atoms with Gasteiger partial charge in [-0.15, -0.1) is 0 Å². The van der Waals surface area contributed by atoms with Gasteiger partial charge in [-0.25, -0.2) is 0 Å². The van der Waals surface area contributed by atoms with Gasteiger partial charge in [-0.3, -0.25) is 9.98 Å². The van der Waals surface area contributed by atoms with Crippen LogP contribution in [0.25, 0.3) is 11.6 Å². The minimum Gasteiger partial charge on any atom is -0.357 e. The van der Waals surface area contributed by atoms with E-state index in [-0.39, 0.29) is 0 Å². The summed E-state index contributed by atoms with van der Waals surface area (Å²) >= 11 is 0. The van der Waals surface area contributed by atoms with E-state index in [0.29, 0.717) is 35.8 Å². The van der Waals surface area contributed by atoms with Crippen LogP contribution in [0.15, 0.2) is 33.9 Å². The summed E-state index contributed by atoms with van der Waals surface area (Å²) in [5, 5.41) is 7.61. The Labute approximate surface area is 179 Å². The maximum atomic E-state index is 5.36. The van der Waals surface area contributed by atoms with E-state index >= 15 is 0 Å². The molecule has 7 nitrogen and oxygen atoms in total. The fourth-order valence-corrected chi connectivity index (χ4v) is 4.91. The van der Waals surface area contributed by atoms with E-state index in [2.05, 4.69) is 32.3 Å². The van der Waals surface area contributed by atoms with E-state index in [1.165, 1.54) is 51.4 Å². The number of pyridine rings is 1. The number of rotatable bonds is 5. The van der Waals surface area contributed by atoms with E-state index in [4.69, 9.17) is 9.52 Å². The van der Waals surface area contributed by atoms with Crippen LogP contribution < -0.4 is 5.32 Å². The van der Waals surface area contributed by atoms with Gasteiger partial charge in [0, 0.05) is 38.8 Å². The summed E-state index contributed by atoms with van der Waals surface area (Å²) in [4.78, 5) is 16.1. The molecule has 2 aromatic rings. The van der Waals surface area contributed by atoms with E-state index in [9.17, 15) is 0 Å². The summed E-state index contributed by atoms with van der Waals surface area (Å²) in [6.07, 6.45) is 13.4. The molecule has 0 bridgehead atoms. The van der Waals surface area contributed by atoms with Crippen molar-refractivity contribution in [2.24, 2.45) is 10.4 Å². The summed E-state index contributed by atoms with van der Waals surface area (Å²) < 4.78 is 5.36. The molecule has 2 fully saturated rings. The molecule has 0 atom stereocenters. The van der Waals surface area contributed by atoms with Crippen LogP contribution in [0.5, 0.6) is 0 Å². The molecule has 1 aliphatic carbocycles. The van der Waals surface area contributed by atoms with E-state index < -0.39 is 0 Å². The molecule has 4 rings (SSSR count). The molecule has 0 aromatic carbocycles. The average molecular weight is 411 g/mol. The van der Waals surface area contributed by atoms with Crippen molar-refractivity contribution in [3.05, 3.63) is 30.2 Å². The second-order valence-electron chi connectivity index (χ2n) is 8.66. The summed E-state index contributed by atoms with van der Waals surface area (Å²) in [6, 6.07) is 5.66. The molecule has 3 heterocycles. The molecule has 30 heavy (non-hydrogen) atoms. The molecule has 162 valence electrons. The Kier molecular flexibility index (Phi) is 6.97. The van der Waals surface area contributed by atoms with Gasteiger partial charge in [-0.05, 0) is 50.2 Å². The Morgan fingerprint density at radius 3 is 2.77 bits per heavy atom. The van der Waals surface area contributed by atoms with E-state index in [1.54, 1.807) is 6.20 Å². The Morgan fingerprint density at radius 1 is 1.17 bits per heavy atom. The van der Waals surface area contributed by atoms with E-state index in [0.717, 1.165) is 25.6 Å². The molecule has 2 aromatic heterocycles. The second-order valence-corrected chi connectivity index (χ2v) is 8.66. The van der Waals surface area contributed by atoms with Crippen molar-refractivity contribution in [2.45, 2.75) is 64.7 Å². The third-order valence-corrected chi connectivity index (χ3v) is 6.41. The highest BCUT2D eigenvalue weighted by Crippen LogP contribution is 2.42. The third kappa shape index (κ3) is 5.18. The van der Waals surface area contributed by atoms with Gasteiger partial charge >= 0.3 is 0 Å². The second kappa shape index (κ2) is 10.0. The zero-order chi connectivity index (χ0) is 20.7. The third-order valence-electron chi connectivity index (χ3n) is 6.41. The molecule has 1 spiro atoms. The van der Waals surface area contributed by atoms with Crippen molar-refractivity contribution in [3.63, 3.8) is 0 Å². The summed E-state index contributed by atoms with van der Waals surface area (Å²) in [6.45, 7) is 5.91. The van der Waals surface area contributed by atoms with Crippen LogP contribution in [0, 0.1) is 5.41 Å². The van der Waals surface area contributed by atoms with Gasteiger partial charge in [0.1, 0.15) is 5.69 Å². The Balaban J connectivity index is 1.38. The first kappa shape index (κ1) is 20.8. The van der Waals surface area contributed by atoms with Crippen LogP contribution in [0.3, 0.4) is 0 Å². The lowest BCUT2D eigenvalue weighted by Gasteiger charge is -2.44. The number of nitrogens with zero attached hydrogens (tertiary/aromatic N) is 5. The largest absolute Gasteiger partial charge is 0.357 e. The minimum atomic E-state index is 0.466. The number of aliphatic imine (C=N–C) groups is 1. The van der Waals surface area contributed by atoms with Crippen molar-refractivity contribution < 1.29 is 4.52 Å². The van der Waals surface area contributed by atoms with Crippen molar-refractivity contribution in [3.8, 4) is 11.6 Å². The van der Waals surface area contributed by atoms with Gasteiger partial charge in [0.15, 0.2) is 11.8 Å². The topological polar surface area (TPSA) is 79.4 Å². The van der Waals surface area contributed by atoms with Crippen molar-refractivity contribution >= 4 is 5.96 Å². The highest BCUT2D eigenvalue weighted by atomic mass is 16.5. The summed E-state index contributed by atoms with van der Waals surface area (Å²) in [7, 11) is 0. The highest BCUT2D eigenvalue weighted by Gasteiger charge is 2.36. The molecule has 1 saturated carbocycles. The smallest absolute Gasteiger partial charge is 0.276 e. The molecule has 1 N–H and O–H groups in total. The first-order valence-corrected chi connectivity index (χ1v) is 11.6. The van der Waals surface area contributed by atoms with Crippen LogP contribution in [0.1, 0.15) is 64.1 Å². The molecule has 0 amide bonds. The Morgan fingerprint density at radius 2 is 2.00 bits per heavy atom. The van der Waals surface area contributed by atoms with Gasteiger partial charge in [0.25, 0.3) is 5.89 Å². The van der Waals surface area contributed by atoms with Gasteiger partial charge in [0.05, 0.1) is 0 Å².